The minimum atomic E-state index is -0.617. The number of para-hydroxylation sites is 1. The maximum absolute atomic E-state index is 14.5. The van der Waals surface area contributed by atoms with E-state index in [1.54, 1.807) is 66.7 Å². The molecule has 0 bridgehead atoms. The molecule has 5 nitrogen and oxygen atoms in total. The van der Waals surface area contributed by atoms with E-state index in [-0.39, 0.29) is 10.7 Å². The van der Waals surface area contributed by atoms with Gasteiger partial charge in [-0.05, 0) is 71.9 Å². The van der Waals surface area contributed by atoms with E-state index in [1.165, 1.54) is 17.0 Å². The molecule has 1 aliphatic heterocycles. The van der Waals surface area contributed by atoms with E-state index < -0.39 is 17.6 Å². The summed E-state index contributed by atoms with van der Waals surface area (Å²) in [4.78, 5) is 27.5. The van der Waals surface area contributed by atoms with Gasteiger partial charge in [0.1, 0.15) is 22.9 Å². The number of hydrogen-bond acceptors (Lipinski definition) is 4. The summed E-state index contributed by atoms with van der Waals surface area (Å²) in [5, 5.41) is 2.55. The highest BCUT2D eigenvalue weighted by Crippen LogP contribution is 2.30. The Bertz CT molecular complexity index is 1500. The summed E-state index contributed by atoms with van der Waals surface area (Å²) in [6, 6.07) is 29.4. The van der Waals surface area contributed by atoms with Gasteiger partial charge in [-0.2, -0.15) is 0 Å². The number of hydrogen-bond donors (Lipinski definition) is 1. The summed E-state index contributed by atoms with van der Waals surface area (Å²) in [5.41, 5.74) is 1.82. The molecule has 4 aromatic rings. The highest BCUT2D eigenvalue weighted by Gasteiger charge is 2.34. The first-order chi connectivity index (χ1) is 17.5. The van der Waals surface area contributed by atoms with Gasteiger partial charge in [0.25, 0.3) is 11.8 Å². The zero-order chi connectivity index (χ0) is 25.1. The quantitative estimate of drug-likeness (QED) is 0.206. The van der Waals surface area contributed by atoms with Gasteiger partial charge in [0.05, 0.1) is 5.69 Å². The first-order valence-corrected chi connectivity index (χ1v) is 11.5. The number of anilines is 1. The third-order valence-electron chi connectivity index (χ3n) is 5.60. The van der Waals surface area contributed by atoms with Crippen molar-refractivity contribution in [3.63, 3.8) is 0 Å². The van der Waals surface area contributed by atoms with Crippen LogP contribution < -0.4 is 15.0 Å². The van der Waals surface area contributed by atoms with Gasteiger partial charge in [-0.25, -0.2) is 4.39 Å². The Morgan fingerprint density at radius 1 is 0.750 bits per heavy atom. The summed E-state index contributed by atoms with van der Waals surface area (Å²) in [5.74, 6) is -0.333. The van der Waals surface area contributed by atoms with Crippen LogP contribution in [0.15, 0.2) is 109 Å². The van der Waals surface area contributed by atoms with Crippen molar-refractivity contribution < 1.29 is 18.7 Å². The second kappa shape index (κ2) is 9.93. The molecular weight excluding hydrogens is 475 g/mol. The number of thiocarbonyl (C=S) groups is 1. The molecule has 176 valence electrons. The van der Waals surface area contributed by atoms with Crippen LogP contribution in [0.3, 0.4) is 0 Å². The predicted molar refractivity (Wildman–Crippen MR) is 141 cm³/mol. The van der Waals surface area contributed by atoms with Crippen molar-refractivity contribution in [2.24, 2.45) is 0 Å². The third kappa shape index (κ3) is 4.64. The molecule has 1 N–H and O–H groups in total. The van der Waals surface area contributed by atoms with Crippen molar-refractivity contribution >= 4 is 40.9 Å². The fourth-order valence-corrected chi connectivity index (χ4v) is 4.16. The van der Waals surface area contributed by atoms with Crippen molar-refractivity contribution in [3.05, 3.63) is 120 Å². The molecule has 5 rings (SSSR count). The molecule has 0 aliphatic carbocycles. The summed E-state index contributed by atoms with van der Waals surface area (Å²) in [6.45, 7) is 0. The first kappa shape index (κ1) is 23.1. The zero-order valence-corrected chi connectivity index (χ0v) is 19.7. The van der Waals surface area contributed by atoms with Crippen molar-refractivity contribution in [2.45, 2.75) is 0 Å². The average Bonchev–Trinajstić information content (AvgIpc) is 2.89. The van der Waals surface area contributed by atoms with Crippen LogP contribution in [0.4, 0.5) is 10.1 Å². The lowest BCUT2D eigenvalue weighted by atomic mass is 9.97. The van der Waals surface area contributed by atoms with Gasteiger partial charge >= 0.3 is 0 Å². The maximum atomic E-state index is 14.5. The van der Waals surface area contributed by atoms with Crippen LogP contribution in [0.5, 0.6) is 11.5 Å². The standard InChI is InChI=1S/C29H19FN2O3S/c30-26-13-7-6-12-24(26)23-11-5-4-8-19(23)18-25-27(33)31-29(36)32(28(25)34)20-14-16-22(17-15-20)35-21-9-2-1-3-10-21/h1-18H,(H,31,33,36). The number of rotatable bonds is 5. The molecule has 0 radical (unpaired) electrons. The summed E-state index contributed by atoms with van der Waals surface area (Å²) in [6.07, 6.45) is 1.46. The van der Waals surface area contributed by atoms with Crippen molar-refractivity contribution in [1.82, 2.24) is 5.32 Å². The molecule has 0 spiro atoms. The van der Waals surface area contributed by atoms with E-state index in [4.69, 9.17) is 17.0 Å². The Balaban J connectivity index is 1.47. The van der Waals surface area contributed by atoms with Crippen LogP contribution in [0.25, 0.3) is 17.2 Å². The Labute approximate surface area is 212 Å². The summed E-state index contributed by atoms with van der Waals surface area (Å²) < 4.78 is 20.3. The van der Waals surface area contributed by atoms with Crippen LogP contribution >= 0.6 is 12.2 Å². The van der Waals surface area contributed by atoms with Crippen LogP contribution in [0, 0.1) is 5.82 Å². The fraction of sp³-hybridized carbons (Fsp3) is 0. The normalized spacial score (nSPS) is 14.6. The molecular formula is C29H19FN2O3S. The SMILES string of the molecule is O=C1NC(=S)N(c2ccc(Oc3ccccc3)cc2)C(=O)C1=Cc1ccccc1-c1ccccc1F. The molecule has 1 fully saturated rings. The lowest BCUT2D eigenvalue weighted by molar-refractivity contribution is -0.122. The van der Waals surface area contributed by atoms with Gasteiger partial charge in [-0.3, -0.25) is 19.8 Å². The number of benzene rings is 4. The van der Waals surface area contributed by atoms with Gasteiger partial charge in [0.15, 0.2) is 5.11 Å². The number of carbonyl (C=O) groups is 2. The number of amides is 2. The molecule has 4 aromatic carbocycles. The van der Waals surface area contributed by atoms with E-state index in [1.807, 2.05) is 30.3 Å². The van der Waals surface area contributed by atoms with Gasteiger partial charge < -0.3 is 4.74 Å². The van der Waals surface area contributed by atoms with Crippen LogP contribution in [0.2, 0.25) is 0 Å². The monoisotopic (exact) mass is 494 g/mol. The Kier molecular flexibility index (Phi) is 6.38. The number of ether oxygens (including phenoxy) is 1. The van der Waals surface area contributed by atoms with Crippen molar-refractivity contribution in [3.8, 4) is 22.6 Å². The minimum Gasteiger partial charge on any atom is -0.457 e. The highest BCUT2D eigenvalue weighted by atomic mass is 32.1. The maximum Gasteiger partial charge on any atom is 0.270 e. The zero-order valence-electron chi connectivity index (χ0n) is 18.9. The second-order valence-electron chi connectivity index (χ2n) is 7.93. The van der Waals surface area contributed by atoms with E-state index in [0.717, 1.165) is 0 Å². The number of carbonyl (C=O) groups excluding carboxylic acids is 2. The molecule has 0 aromatic heterocycles. The lowest BCUT2D eigenvalue weighted by Gasteiger charge is -2.29. The fourth-order valence-electron chi connectivity index (χ4n) is 3.88. The van der Waals surface area contributed by atoms with Gasteiger partial charge in [0.2, 0.25) is 0 Å². The highest BCUT2D eigenvalue weighted by molar-refractivity contribution is 7.80. The van der Waals surface area contributed by atoms with E-state index in [2.05, 4.69) is 5.32 Å². The molecule has 2 amide bonds. The molecule has 36 heavy (non-hydrogen) atoms. The predicted octanol–water partition coefficient (Wildman–Crippen LogP) is 6.12. The molecule has 1 heterocycles. The first-order valence-electron chi connectivity index (χ1n) is 11.1. The van der Waals surface area contributed by atoms with Gasteiger partial charge in [0, 0.05) is 5.56 Å². The van der Waals surface area contributed by atoms with Gasteiger partial charge in [-0.1, -0.05) is 60.7 Å². The molecule has 1 aliphatic rings. The Hall–Kier alpha value is -4.62. The molecule has 0 unspecified atom stereocenters. The van der Waals surface area contributed by atoms with E-state index >= 15 is 0 Å². The Morgan fingerprint density at radius 2 is 1.36 bits per heavy atom. The van der Waals surface area contributed by atoms with E-state index in [9.17, 15) is 14.0 Å². The topological polar surface area (TPSA) is 58.6 Å². The average molecular weight is 495 g/mol. The summed E-state index contributed by atoms with van der Waals surface area (Å²) >= 11 is 5.30. The smallest absolute Gasteiger partial charge is 0.270 e. The van der Waals surface area contributed by atoms with Crippen LogP contribution in [0.1, 0.15) is 5.56 Å². The number of nitrogens with one attached hydrogen (secondary N) is 1. The second-order valence-corrected chi connectivity index (χ2v) is 8.32. The van der Waals surface area contributed by atoms with E-state index in [0.29, 0.717) is 33.9 Å². The third-order valence-corrected chi connectivity index (χ3v) is 5.88. The molecule has 7 heteroatoms. The van der Waals surface area contributed by atoms with Crippen molar-refractivity contribution in [1.29, 1.82) is 0 Å². The number of halogens is 1. The molecule has 0 saturated carbocycles. The van der Waals surface area contributed by atoms with Gasteiger partial charge in [-0.15, -0.1) is 0 Å². The molecule has 1 saturated heterocycles. The summed E-state index contributed by atoms with van der Waals surface area (Å²) in [7, 11) is 0. The van der Waals surface area contributed by atoms with Crippen LogP contribution in [-0.2, 0) is 9.59 Å². The number of nitrogens with zero attached hydrogens (tertiary/aromatic N) is 1. The largest absolute Gasteiger partial charge is 0.457 e. The minimum absolute atomic E-state index is 0.0266. The molecule has 0 atom stereocenters. The van der Waals surface area contributed by atoms with Crippen LogP contribution in [-0.4, -0.2) is 16.9 Å². The van der Waals surface area contributed by atoms with Crippen molar-refractivity contribution in [2.75, 3.05) is 4.90 Å². The lowest BCUT2D eigenvalue weighted by Crippen LogP contribution is -2.54. The Morgan fingerprint density at radius 3 is 2.08 bits per heavy atom.